The van der Waals surface area contributed by atoms with E-state index in [1.54, 1.807) is 39.3 Å². The highest BCUT2D eigenvalue weighted by atomic mass is 32.1. The fraction of sp³-hybridized carbons (Fsp3) is 0.389. The molecular formula is C18H24N2O3S. The predicted molar refractivity (Wildman–Crippen MR) is 97.5 cm³/mol. The molecule has 0 saturated carbocycles. The van der Waals surface area contributed by atoms with E-state index in [1.807, 2.05) is 24.3 Å². The zero-order valence-corrected chi connectivity index (χ0v) is 15.3. The smallest absolute Gasteiger partial charge is 0.317 e. The summed E-state index contributed by atoms with van der Waals surface area (Å²) in [5, 5.41) is 14.7. The van der Waals surface area contributed by atoms with Gasteiger partial charge in [-0.2, -0.15) is 0 Å². The third-order valence-corrected chi connectivity index (χ3v) is 4.40. The number of nitrogens with zero attached hydrogens (tertiary/aromatic N) is 1. The van der Waals surface area contributed by atoms with Gasteiger partial charge in [0.15, 0.2) is 0 Å². The summed E-state index contributed by atoms with van der Waals surface area (Å²) in [6.07, 6.45) is 0. The highest BCUT2D eigenvalue weighted by Gasteiger charge is 2.19. The summed E-state index contributed by atoms with van der Waals surface area (Å²) in [7, 11) is 3.32. The van der Waals surface area contributed by atoms with Gasteiger partial charge in [0.05, 0.1) is 25.8 Å². The second kappa shape index (κ2) is 7.68. The summed E-state index contributed by atoms with van der Waals surface area (Å²) in [5.41, 5.74) is 1.33. The lowest BCUT2D eigenvalue weighted by Crippen LogP contribution is -2.44. The molecule has 2 aromatic rings. The van der Waals surface area contributed by atoms with Crippen LogP contribution in [-0.2, 0) is 6.54 Å². The van der Waals surface area contributed by atoms with Crippen LogP contribution in [0.5, 0.6) is 5.75 Å². The molecule has 0 radical (unpaired) electrons. The summed E-state index contributed by atoms with van der Waals surface area (Å²) >= 11 is 1.61. The van der Waals surface area contributed by atoms with E-state index >= 15 is 0 Å². The molecule has 0 aliphatic carbocycles. The minimum Gasteiger partial charge on any atom is -0.497 e. The van der Waals surface area contributed by atoms with Gasteiger partial charge >= 0.3 is 6.03 Å². The number of aliphatic hydroxyl groups is 1. The number of carbonyl (C=O) groups excluding carboxylic acids is 1. The molecular weight excluding hydrogens is 324 g/mol. The van der Waals surface area contributed by atoms with Gasteiger partial charge in [-0.25, -0.2) is 4.79 Å². The summed E-state index contributed by atoms with van der Waals surface area (Å²) in [6.45, 7) is 4.10. The first-order chi connectivity index (χ1) is 11.3. The molecule has 0 unspecified atom stereocenters. The van der Waals surface area contributed by atoms with Crippen LogP contribution in [0.15, 0.2) is 35.7 Å². The number of amides is 2. The third kappa shape index (κ3) is 5.25. The van der Waals surface area contributed by atoms with Crippen molar-refractivity contribution in [2.75, 3.05) is 20.7 Å². The second-order valence-electron chi connectivity index (χ2n) is 6.36. The zero-order chi connectivity index (χ0) is 17.7. The quantitative estimate of drug-likeness (QED) is 0.842. The van der Waals surface area contributed by atoms with Gasteiger partial charge in [0.25, 0.3) is 0 Å². The van der Waals surface area contributed by atoms with Crippen molar-refractivity contribution in [1.29, 1.82) is 0 Å². The number of urea groups is 1. The lowest BCUT2D eigenvalue weighted by molar-refractivity contribution is 0.0531. The number of carbonyl (C=O) groups is 1. The van der Waals surface area contributed by atoms with Gasteiger partial charge in [0, 0.05) is 11.9 Å². The molecule has 0 saturated heterocycles. The lowest BCUT2D eigenvalue weighted by Gasteiger charge is -2.25. The van der Waals surface area contributed by atoms with E-state index < -0.39 is 5.60 Å². The normalized spacial score (nSPS) is 11.2. The van der Waals surface area contributed by atoms with Crippen molar-refractivity contribution >= 4 is 17.4 Å². The molecule has 2 N–H and O–H groups in total. The van der Waals surface area contributed by atoms with Crippen molar-refractivity contribution in [3.63, 3.8) is 0 Å². The van der Waals surface area contributed by atoms with Crippen LogP contribution in [-0.4, -0.2) is 42.3 Å². The number of likely N-dealkylation sites (N-methyl/N-ethyl adjacent to an activating group) is 1. The summed E-state index contributed by atoms with van der Waals surface area (Å²) in [4.78, 5) is 14.6. The fourth-order valence-corrected chi connectivity index (χ4v) is 3.19. The van der Waals surface area contributed by atoms with Crippen LogP contribution in [0.2, 0.25) is 0 Å². The van der Waals surface area contributed by atoms with Crippen molar-refractivity contribution < 1.29 is 14.6 Å². The van der Waals surface area contributed by atoms with Crippen LogP contribution in [0.3, 0.4) is 0 Å². The van der Waals surface area contributed by atoms with E-state index in [-0.39, 0.29) is 12.6 Å². The predicted octanol–water partition coefficient (Wildman–Crippen LogP) is 3.34. The van der Waals surface area contributed by atoms with Crippen molar-refractivity contribution in [1.82, 2.24) is 10.2 Å². The molecule has 5 nitrogen and oxygen atoms in total. The number of hydrogen-bond acceptors (Lipinski definition) is 4. The van der Waals surface area contributed by atoms with Crippen LogP contribution in [0.4, 0.5) is 4.79 Å². The monoisotopic (exact) mass is 348 g/mol. The summed E-state index contributed by atoms with van der Waals surface area (Å²) < 4.78 is 5.16. The Kier molecular flexibility index (Phi) is 5.85. The molecule has 2 amide bonds. The number of hydrogen-bond donors (Lipinski definition) is 2. The topological polar surface area (TPSA) is 61.8 Å². The van der Waals surface area contributed by atoms with Crippen molar-refractivity contribution in [3.05, 3.63) is 40.6 Å². The molecule has 6 heteroatoms. The number of rotatable bonds is 6. The molecule has 0 spiro atoms. The van der Waals surface area contributed by atoms with Crippen LogP contribution >= 0.6 is 11.3 Å². The summed E-state index contributed by atoms with van der Waals surface area (Å²) in [5.74, 6) is 0.830. The molecule has 1 heterocycles. The van der Waals surface area contributed by atoms with E-state index in [2.05, 4.69) is 16.8 Å². The maximum absolute atomic E-state index is 12.0. The molecule has 0 aliphatic heterocycles. The maximum Gasteiger partial charge on any atom is 0.317 e. The van der Waals surface area contributed by atoms with Gasteiger partial charge < -0.3 is 20.1 Å². The van der Waals surface area contributed by atoms with E-state index in [9.17, 15) is 9.90 Å². The van der Waals surface area contributed by atoms with Gasteiger partial charge in [0.1, 0.15) is 5.75 Å². The largest absolute Gasteiger partial charge is 0.497 e. The molecule has 130 valence electrons. The van der Waals surface area contributed by atoms with Crippen LogP contribution < -0.4 is 10.1 Å². The number of methoxy groups -OCH3 is 1. The Labute approximate surface area is 146 Å². The van der Waals surface area contributed by atoms with Gasteiger partial charge in [-0.05, 0) is 48.6 Å². The maximum atomic E-state index is 12.0. The Morgan fingerprint density at radius 1 is 1.29 bits per heavy atom. The number of benzene rings is 1. The Morgan fingerprint density at radius 3 is 2.54 bits per heavy atom. The van der Waals surface area contributed by atoms with E-state index in [1.165, 1.54) is 4.90 Å². The highest BCUT2D eigenvalue weighted by molar-refractivity contribution is 7.10. The molecule has 1 aromatic carbocycles. The first kappa shape index (κ1) is 18.3. The van der Waals surface area contributed by atoms with Crippen molar-refractivity contribution in [3.8, 4) is 16.9 Å². The average molecular weight is 348 g/mol. The lowest BCUT2D eigenvalue weighted by atomic mass is 10.1. The van der Waals surface area contributed by atoms with Crippen LogP contribution in [0.25, 0.3) is 11.1 Å². The Morgan fingerprint density at radius 2 is 1.96 bits per heavy atom. The molecule has 0 fully saturated rings. The standard InChI is InChI=1S/C18H24N2O3S/c1-18(2,22)12-20(3)17(21)19-10-16-9-14(11-24-16)13-5-7-15(23-4)8-6-13/h5-9,11,22H,10,12H2,1-4H3,(H,19,21). The molecule has 1 aromatic heterocycles. The highest BCUT2D eigenvalue weighted by Crippen LogP contribution is 2.27. The first-order valence-electron chi connectivity index (χ1n) is 7.72. The molecule has 2 rings (SSSR count). The minimum atomic E-state index is -0.906. The molecule has 24 heavy (non-hydrogen) atoms. The Hall–Kier alpha value is -2.05. The van der Waals surface area contributed by atoms with Crippen molar-refractivity contribution in [2.24, 2.45) is 0 Å². The second-order valence-corrected chi connectivity index (χ2v) is 7.35. The first-order valence-corrected chi connectivity index (χ1v) is 8.59. The van der Waals surface area contributed by atoms with Gasteiger partial charge in [0.2, 0.25) is 0 Å². The SMILES string of the molecule is COc1ccc(-c2csc(CNC(=O)N(C)CC(C)(C)O)c2)cc1. The fourth-order valence-electron chi connectivity index (χ4n) is 2.36. The summed E-state index contributed by atoms with van der Waals surface area (Å²) in [6, 6.07) is 9.76. The number of ether oxygens (including phenoxy) is 1. The molecule has 0 bridgehead atoms. The third-order valence-electron chi connectivity index (χ3n) is 3.46. The van der Waals surface area contributed by atoms with Gasteiger partial charge in [-0.3, -0.25) is 0 Å². The van der Waals surface area contributed by atoms with Gasteiger partial charge in [-0.1, -0.05) is 12.1 Å². The van der Waals surface area contributed by atoms with E-state index in [0.717, 1.165) is 21.8 Å². The average Bonchev–Trinajstić information content (AvgIpc) is 3.00. The zero-order valence-electron chi connectivity index (χ0n) is 14.5. The van der Waals surface area contributed by atoms with E-state index in [0.29, 0.717) is 6.54 Å². The number of nitrogens with one attached hydrogen (secondary N) is 1. The van der Waals surface area contributed by atoms with Gasteiger partial charge in [-0.15, -0.1) is 11.3 Å². The molecule has 0 atom stereocenters. The van der Waals surface area contributed by atoms with Crippen LogP contribution in [0.1, 0.15) is 18.7 Å². The van der Waals surface area contributed by atoms with Crippen molar-refractivity contribution in [2.45, 2.75) is 26.0 Å². The van der Waals surface area contributed by atoms with E-state index in [4.69, 9.17) is 4.74 Å². The van der Waals surface area contributed by atoms with Crippen LogP contribution in [0, 0.1) is 0 Å². The minimum absolute atomic E-state index is 0.198. The Bertz CT molecular complexity index is 674. The Balaban J connectivity index is 1.92. The molecule has 0 aliphatic rings. The number of thiophene rings is 1.